The molecule has 0 aliphatic carbocycles. The molecule has 10 nitrogen and oxygen atoms in total. The van der Waals surface area contributed by atoms with E-state index in [0.717, 1.165) is 24.3 Å². The zero-order chi connectivity index (χ0) is 26.7. The first-order valence-corrected chi connectivity index (χ1v) is 13.6. The molecule has 2 aromatic rings. The van der Waals surface area contributed by atoms with Gasteiger partial charge < -0.3 is 14.8 Å². The van der Waals surface area contributed by atoms with Crippen LogP contribution in [0.1, 0.15) is 22.8 Å². The Balaban J connectivity index is 1.68. The lowest BCUT2D eigenvalue weighted by atomic mass is 10.2. The molecular formula is C22H24F2N2O8S2. The molecule has 36 heavy (non-hydrogen) atoms. The maximum absolute atomic E-state index is 13.0. The van der Waals surface area contributed by atoms with Gasteiger partial charge in [-0.1, -0.05) is 6.07 Å². The van der Waals surface area contributed by atoms with Gasteiger partial charge in [0.1, 0.15) is 0 Å². The number of rotatable bonds is 8. The summed E-state index contributed by atoms with van der Waals surface area (Å²) in [5.41, 5.74) is 0.496. The van der Waals surface area contributed by atoms with Crippen LogP contribution in [-0.4, -0.2) is 71.2 Å². The third-order valence-electron chi connectivity index (χ3n) is 5.35. The van der Waals surface area contributed by atoms with E-state index in [1.807, 2.05) is 0 Å². The molecule has 1 fully saturated rings. The number of anilines is 1. The van der Waals surface area contributed by atoms with Crippen LogP contribution in [0.3, 0.4) is 0 Å². The van der Waals surface area contributed by atoms with Gasteiger partial charge in [0.05, 0.1) is 28.6 Å². The molecule has 1 saturated heterocycles. The Morgan fingerprint density at radius 1 is 1.03 bits per heavy atom. The number of sulfonamides is 1. The zero-order valence-corrected chi connectivity index (χ0v) is 20.9. The first kappa shape index (κ1) is 27.6. The SMILES string of the molecule is Cc1ccc(NC(=O)C(C)OC(=O)c2ccc(S(=O)(=O)C(F)F)cc2)cc1S(=O)(=O)N1CCOCC1. The minimum atomic E-state index is -4.82. The summed E-state index contributed by atoms with van der Waals surface area (Å²) in [6.45, 7) is 3.88. The number of esters is 1. The molecule has 0 spiro atoms. The van der Waals surface area contributed by atoms with Crippen molar-refractivity contribution in [1.29, 1.82) is 0 Å². The van der Waals surface area contributed by atoms with Crippen molar-refractivity contribution in [1.82, 2.24) is 4.31 Å². The van der Waals surface area contributed by atoms with Gasteiger partial charge in [-0.3, -0.25) is 4.79 Å². The number of halogens is 2. The molecule has 1 aliphatic heterocycles. The van der Waals surface area contributed by atoms with Crippen molar-refractivity contribution < 1.29 is 44.7 Å². The predicted molar refractivity (Wildman–Crippen MR) is 124 cm³/mol. The molecule has 0 aromatic heterocycles. The Morgan fingerprint density at radius 3 is 2.22 bits per heavy atom. The number of hydrogen-bond acceptors (Lipinski definition) is 8. The predicted octanol–water partition coefficient (Wildman–Crippen LogP) is 2.20. The smallest absolute Gasteiger partial charge is 0.341 e. The summed E-state index contributed by atoms with van der Waals surface area (Å²) in [4.78, 5) is 24.2. The molecule has 3 rings (SSSR count). The number of sulfone groups is 1. The van der Waals surface area contributed by atoms with E-state index in [1.54, 1.807) is 6.92 Å². The van der Waals surface area contributed by atoms with Crippen molar-refractivity contribution in [2.75, 3.05) is 31.6 Å². The Labute approximate surface area is 207 Å². The fourth-order valence-corrected chi connectivity index (χ4v) is 5.67. The van der Waals surface area contributed by atoms with E-state index in [9.17, 15) is 35.2 Å². The maximum Gasteiger partial charge on any atom is 0.341 e. The van der Waals surface area contributed by atoms with Crippen molar-refractivity contribution in [3.63, 3.8) is 0 Å². The van der Waals surface area contributed by atoms with Crippen molar-refractivity contribution in [3.05, 3.63) is 53.6 Å². The zero-order valence-electron chi connectivity index (χ0n) is 19.3. The van der Waals surface area contributed by atoms with Gasteiger partial charge in [-0.25, -0.2) is 21.6 Å². The number of morpholine rings is 1. The highest BCUT2D eigenvalue weighted by atomic mass is 32.2. The van der Waals surface area contributed by atoms with Gasteiger partial charge >= 0.3 is 11.7 Å². The number of aryl methyl sites for hydroxylation is 1. The number of nitrogens with one attached hydrogen (secondary N) is 1. The summed E-state index contributed by atoms with van der Waals surface area (Å²) in [5.74, 6) is -5.35. The number of nitrogens with zero attached hydrogens (tertiary/aromatic N) is 1. The third kappa shape index (κ3) is 6.06. The highest BCUT2D eigenvalue weighted by Gasteiger charge is 2.29. The van der Waals surface area contributed by atoms with E-state index in [2.05, 4.69) is 5.32 Å². The van der Waals surface area contributed by atoms with E-state index in [0.29, 0.717) is 5.56 Å². The van der Waals surface area contributed by atoms with Crippen LogP contribution in [0, 0.1) is 6.92 Å². The second kappa shape index (κ2) is 11.0. The van der Waals surface area contributed by atoms with E-state index < -0.39 is 48.5 Å². The fraction of sp³-hybridized carbons (Fsp3) is 0.364. The fourth-order valence-electron chi connectivity index (χ4n) is 3.29. The van der Waals surface area contributed by atoms with Gasteiger partial charge in [-0.2, -0.15) is 13.1 Å². The van der Waals surface area contributed by atoms with Crippen LogP contribution in [-0.2, 0) is 34.1 Å². The molecule has 1 aliphatic rings. The standard InChI is InChI=1S/C22H24F2N2O8S2/c1-14-3-6-17(13-19(14)36(31,32)26-9-11-33-12-10-26)25-20(27)15(2)34-21(28)16-4-7-18(8-5-16)35(29,30)22(23)24/h3-8,13,15,22H,9-12H2,1-2H3,(H,25,27). The van der Waals surface area contributed by atoms with E-state index in [-0.39, 0.29) is 42.4 Å². The van der Waals surface area contributed by atoms with Gasteiger partial charge in [0.15, 0.2) is 6.10 Å². The number of ether oxygens (including phenoxy) is 2. The van der Waals surface area contributed by atoms with Crippen molar-refractivity contribution in [3.8, 4) is 0 Å². The first-order chi connectivity index (χ1) is 16.8. The molecule has 1 heterocycles. The van der Waals surface area contributed by atoms with Crippen LogP contribution in [0.4, 0.5) is 14.5 Å². The lowest BCUT2D eigenvalue weighted by Gasteiger charge is -2.27. The number of hydrogen-bond donors (Lipinski definition) is 1. The molecular weight excluding hydrogens is 522 g/mol. The van der Waals surface area contributed by atoms with Crippen LogP contribution < -0.4 is 5.32 Å². The summed E-state index contributed by atoms with van der Waals surface area (Å²) >= 11 is 0. The van der Waals surface area contributed by atoms with E-state index in [4.69, 9.17) is 9.47 Å². The molecule has 14 heteroatoms. The summed E-state index contributed by atoms with van der Waals surface area (Å²) in [6.07, 6.45) is -1.32. The topological polar surface area (TPSA) is 136 Å². The van der Waals surface area contributed by atoms with E-state index in [1.165, 1.54) is 29.4 Å². The third-order valence-corrected chi connectivity index (χ3v) is 8.79. The number of amides is 1. The van der Waals surface area contributed by atoms with Gasteiger partial charge in [0, 0.05) is 18.8 Å². The van der Waals surface area contributed by atoms with Crippen LogP contribution >= 0.6 is 0 Å². The van der Waals surface area contributed by atoms with Crippen LogP contribution in [0.25, 0.3) is 0 Å². The Hall–Kier alpha value is -2.94. The molecule has 1 atom stereocenters. The lowest BCUT2D eigenvalue weighted by Crippen LogP contribution is -2.40. The van der Waals surface area contributed by atoms with Crippen LogP contribution in [0.5, 0.6) is 0 Å². The highest BCUT2D eigenvalue weighted by Crippen LogP contribution is 2.25. The largest absolute Gasteiger partial charge is 0.449 e. The highest BCUT2D eigenvalue weighted by molar-refractivity contribution is 7.91. The van der Waals surface area contributed by atoms with Gasteiger partial charge in [0.25, 0.3) is 5.91 Å². The summed E-state index contributed by atoms with van der Waals surface area (Å²) in [6, 6.07) is 8.01. The Bertz CT molecular complexity index is 1340. The Morgan fingerprint density at radius 2 is 1.64 bits per heavy atom. The summed E-state index contributed by atoms with van der Waals surface area (Å²) < 4.78 is 85.8. The molecule has 0 bridgehead atoms. The molecule has 1 amide bonds. The monoisotopic (exact) mass is 546 g/mol. The lowest BCUT2D eigenvalue weighted by molar-refractivity contribution is -0.123. The first-order valence-electron chi connectivity index (χ1n) is 10.7. The maximum atomic E-state index is 13.0. The number of benzene rings is 2. The van der Waals surface area contributed by atoms with Crippen molar-refractivity contribution in [2.24, 2.45) is 0 Å². The minimum absolute atomic E-state index is 0.0192. The molecule has 1 unspecified atom stereocenters. The molecule has 0 saturated carbocycles. The minimum Gasteiger partial charge on any atom is -0.449 e. The number of carbonyl (C=O) groups is 2. The molecule has 2 aromatic carbocycles. The molecule has 0 radical (unpaired) electrons. The van der Waals surface area contributed by atoms with Gasteiger partial charge in [-0.15, -0.1) is 0 Å². The van der Waals surface area contributed by atoms with Gasteiger partial charge in [-0.05, 0) is 55.8 Å². The average Bonchev–Trinajstić information content (AvgIpc) is 2.85. The molecule has 1 N–H and O–H groups in total. The van der Waals surface area contributed by atoms with Crippen molar-refractivity contribution in [2.45, 2.75) is 35.5 Å². The van der Waals surface area contributed by atoms with E-state index >= 15 is 0 Å². The van der Waals surface area contributed by atoms with Gasteiger partial charge in [0.2, 0.25) is 19.9 Å². The second-order valence-corrected chi connectivity index (χ2v) is 11.7. The van der Waals surface area contributed by atoms with Crippen LogP contribution in [0.15, 0.2) is 52.3 Å². The molecule has 196 valence electrons. The van der Waals surface area contributed by atoms with Crippen molar-refractivity contribution >= 4 is 37.4 Å². The van der Waals surface area contributed by atoms with Crippen LogP contribution in [0.2, 0.25) is 0 Å². The number of alkyl halides is 2. The normalized spacial score (nSPS) is 15.9. The Kier molecular flexibility index (Phi) is 8.44. The second-order valence-electron chi connectivity index (χ2n) is 7.86. The quantitative estimate of drug-likeness (QED) is 0.498. The average molecular weight is 547 g/mol. The number of carbonyl (C=O) groups excluding carboxylic acids is 2. The summed E-state index contributed by atoms with van der Waals surface area (Å²) in [5, 5.41) is 2.50. The summed E-state index contributed by atoms with van der Waals surface area (Å²) in [7, 11) is -8.64.